The molecule has 0 spiro atoms. The standard InChI is InChI=1S/C15H12BrClN2/c1-8-6-9(2)14-12(7-8)18-15(19-14)10-4-3-5-11(16)13(10)17/h3-7H,1-2H3,(H,18,19). The molecule has 0 aliphatic rings. The van der Waals surface area contributed by atoms with Crippen LogP contribution >= 0.6 is 27.5 Å². The van der Waals surface area contributed by atoms with Crippen molar-refractivity contribution in [2.75, 3.05) is 0 Å². The van der Waals surface area contributed by atoms with Crippen LogP contribution in [0.1, 0.15) is 11.1 Å². The normalized spacial score (nSPS) is 11.2. The lowest BCUT2D eigenvalue weighted by Crippen LogP contribution is -1.82. The Morgan fingerprint density at radius 1 is 1.21 bits per heavy atom. The van der Waals surface area contributed by atoms with Crippen LogP contribution in [0.2, 0.25) is 5.02 Å². The topological polar surface area (TPSA) is 28.7 Å². The second-order valence-electron chi connectivity index (χ2n) is 4.66. The maximum atomic E-state index is 6.32. The predicted molar refractivity (Wildman–Crippen MR) is 83.7 cm³/mol. The molecule has 0 aliphatic carbocycles. The third-order valence-electron chi connectivity index (χ3n) is 3.13. The highest BCUT2D eigenvalue weighted by Crippen LogP contribution is 2.33. The molecule has 2 aromatic carbocycles. The number of benzene rings is 2. The molecule has 2 nitrogen and oxygen atoms in total. The number of H-pyrrole nitrogens is 1. The average molecular weight is 336 g/mol. The number of aromatic nitrogens is 2. The number of hydrogen-bond donors (Lipinski definition) is 1. The summed E-state index contributed by atoms with van der Waals surface area (Å²) in [6.45, 7) is 4.15. The molecule has 1 N–H and O–H groups in total. The molecule has 4 heteroatoms. The van der Waals surface area contributed by atoms with E-state index in [0.29, 0.717) is 5.02 Å². The quantitative estimate of drug-likeness (QED) is 0.645. The summed E-state index contributed by atoms with van der Waals surface area (Å²) in [5, 5.41) is 0.677. The third kappa shape index (κ3) is 2.17. The summed E-state index contributed by atoms with van der Waals surface area (Å²) >= 11 is 9.76. The van der Waals surface area contributed by atoms with Crippen LogP contribution in [-0.2, 0) is 0 Å². The van der Waals surface area contributed by atoms with E-state index in [4.69, 9.17) is 11.6 Å². The largest absolute Gasteiger partial charge is 0.338 e. The van der Waals surface area contributed by atoms with Crippen molar-refractivity contribution in [3.8, 4) is 11.4 Å². The highest BCUT2D eigenvalue weighted by molar-refractivity contribution is 9.10. The van der Waals surface area contributed by atoms with Crippen LogP contribution in [0, 0.1) is 13.8 Å². The molecule has 0 amide bonds. The van der Waals surface area contributed by atoms with Gasteiger partial charge in [0.2, 0.25) is 0 Å². The Balaban J connectivity index is 2.26. The fourth-order valence-corrected chi connectivity index (χ4v) is 2.87. The number of aromatic amines is 1. The Labute approximate surface area is 124 Å². The Morgan fingerprint density at radius 2 is 2.00 bits per heavy atom. The molecule has 0 atom stereocenters. The maximum absolute atomic E-state index is 6.32. The minimum atomic E-state index is 0.677. The number of aryl methyl sites for hydroxylation is 2. The van der Waals surface area contributed by atoms with Crippen molar-refractivity contribution in [2.45, 2.75) is 13.8 Å². The van der Waals surface area contributed by atoms with Crippen molar-refractivity contribution in [1.82, 2.24) is 9.97 Å². The van der Waals surface area contributed by atoms with Gasteiger partial charge < -0.3 is 4.98 Å². The molecule has 3 rings (SSSR count). The minimum absolute atomic E-state index is 0.677. The lowest BCUT2D eigenvalue weighted by Gasteiger charge is -2.01. The van der Waals surface area contributed by atoms with Gasteiger partial charge in [-0.25, -0.2) is 4.98 Å². The van der Waals surface area contributed by atoms with Gasteiger partial charge in [0.25, 0.3) is 0 Å². The Bertz CT molecular complexity index is 777. The van der Waals surface area contributed by atoms with Crippen LogP contribution in [0.25, 0.3) is 22.4 Å². The minimum Gasteiger partial charge on any atom is -0.338 e. The highest BCUT2D eigenvalue weighted by atomic mass is 79.9. The van der Waals surface area contributed by atoms with E-state index in [1.165, 1.54) is 11.1 Å². The van der Waals surface area contributed by atoms with Crippen LogP contribution in [-0.4, -0.2) is 9.97 Å². The van der Waals surface area contributed by atoms with E-state index in [-0.39, 0.29) is 0 Å². The molecule has 96 valence electrons. The van der Waals surface area contributed by atoms with Gasteiger partial charge in [-0.05, 0) is 59.1 Å². The van der Waals surface area contributed by atoms with Crippen LogP contribution < -0.4 is 0 Å². The van der Waals surface area contributed by atoms with E-state index >= 15 is 0 Å². The van der Waals surface area contributed by atoms with Crippen LogP contribution in [0.4, 0.5) is 0 Å². The third-order valence-corrected chi connectivity index (χ3v) is 4.42. The zero-order valence-corrected chi connectivity index (χ0v) is 12.9. The molecule has 3 aromatic rings. The van der Waals surface area contributed by atoms with Gasteiger partial charge in [-0.2, -0.15) is 0 Å². The summed E-state index contributed by atoms with van der Waals surface area (Å²) in [5.74, 6) is 0.801. The fourth-order valence-electron chi connectivity index (χ4n) is 2.29. The van der Waals surface area contributed by atoms with Gasteiger partial charge in [-0.15, -0.1) is 0 Å². The summed E-state index contributed by atoms with van der Waals surface area (Å²) in [6.07, 6.45) is 0. The molecule has 1 heterocycles. The number of fused-ring (bicyclic) bond motifs is 1. The molecule has 0 saturated carbocycles. The summed E-state index contributed by atoms with van der Waals surface area (Å²) in [5.41, 5.74) is 5.34. The van der Waals surface area contributed by atoms with Gasteiger partial charge in [0, 0.05) is 10.0 Å². The Hall–Kier alpha value is -1.32. The lowest BCUT2D eigenvalue weighted by atomic mass is 10.1. The zero-order valence-electron chi connectivity index (χ0n) is 10.6. The summed E-state index contributed by atoms with van der Waals surface area (Å²) in [6, 6.07) is 10.1. The highest BCUT2D eigenvalue weighted by Gasteiger charge is 2.12. The Kier molecular flexibility index (Phi) is 3.11. The molecular formula is C15H12BrClN2. The maximum Gasteiger partial charge on any atom is 0.140 e. The van der Waals surface area contributed by atoms with Crippen LogP contribution in [0.5, 0.6) is 0 Å². The molecule has 0 aliphatic heterocycles. The number of nitrogens with one attached hydrogen (secondary N) is 1. The van der Waals surface area contributed by atoms with Gasteiger partial charge in [-0.3, -0.25) is 0 Å². The van der Waals surface area contributed by atoms with E-state index in [9.17, 15) is 0 Å². The van der Waals surface area contributed by atoms with Gasteiger partial charge >= 0.3 is 0 Å². The second-order valence-corrected chi connectivity index (χ2v) is 5.90. The summed E-state index contributed by atoms with van der Waals surface area (Å²) in [4.78, 5) is 8.01. The molecule has 19 heavy (non-hydrogen) atoms. The molecular weight excluding hydrogens is 324 g/mol. The summed E-state index contributed by atoms with van der Waals surface area (Å²) < 4.78 is 0.875. The Morgan fingerprint density at radius 3 is 2.79 bits per heavy atom. The monoisotopic (exact) mass is 334 g/mol. The van der Waals surface area contributed by atoms with E-state index < -0.39 is 0 Å². The lowest BCUT2D eigenvalue weighted by molar-refractivity contribution is 1.33. The molecule has 0 fully saturated rings. The molecule has 0 saturated heterocycles. The van der Waals surface area contributed by atoms with Crippen molar-refractivity contribution in [2.24, 2.45) is 0 Å². The summed E-state index contributed by atoms with van der Waals surface area (Å²) in [7, 11) is 0. The zero-order chi connectivity index (χ0) is 13.6. The second kappa shape index (κ2) is 4.66. The number of hydrogen-bond acceptors (Lipinski definition) is 1. The van der Waals surface area contributed by atoms with E-state index in [1.807, 2.05) is 18.2 Å². The van der Waals surface area contributed by atoms with Gasteiger partial charge in [0.15, 0.2) is 0 Å². The molecule has 0 radical (unpaired) electrons. The van der Waals surface area contributed by atoms with Crippen LogP contribution in [0.15, 0.2) is 34.8 Å². The SMILES string of the molecule is Cc1cc(C)c2nc(-c3cccc(Br)c3Cl)[nH]c2c1. The van der Waals surface area contributed by atoms with Crippen molar-refractivity contribution in [3.63, 3.8) is 0 Å². The first-order chi connectivity index (χ1) is 9.06. The average Bonchev–Trinajstić information content (AvgIpc) is 2.76. The van der Waals surface area contributed by atoms with Crippen molar-refractivity contribution in [1.29, 1.82) is 0 Å². The molecule has 0 unspecified atom stereocenters. The van der Waals surface area contributed by atoms with Gasteiger partial charge in [-0.1, -0.05) is 23.7 Å². The van der Waals surface area contributed by atoms with Crippen LogP contribution in [0.3, 0.4) is 0 Å². The number of rotatable bonds is 1. The first kappa shape index (κ1) is 12.7. The predicted octanol–water partition coefficient (Wildman–Crippen LogP) is 5.26. The van der Waals surface area contributed by atoms with Crippen molar-refractivity contribution >= 4 is 38.6 Å². The van der Waals surface area contributed by atoms with Crippen molar-refractivity contribution in [3.05, 3.63) is 51.0 Å². The number of halogens is 2. The van der Waals surface area contributed by atoms with Gasteiger partial charge in [0.05, 0.1) is 16.1 Å². The smallest absolute Gasteiger partial charge is 0.140 e. The fraction of sp³-hybridized carbons (Fsp3) is 0.133. The first-order valence-corrected chi connectivity index (χ1v) is 7.14. The van der Waals surface area contributed by atoms with E-state index in [1.54, 1.807) is 0 Å². The molecule has 0 bridgehead atoms. The number of nitrogens with zero attached hydrogens (tertiary/aromatic N) is 1. The van der Waals surface area contributed by atoms with Gasteiger partial charge in [0.1, 0.15) is 5.82 Å². The van der Waals surface area contributed by atoms with Crippen molar-refractivity contribution < 1.29 is 0 Å². The van der Waals surface area contributed by atoms with E-state index in [0.717, 1.165) is 26.9 Å². The van der Waals surface area contributed by atoms with E-state index in [2.05, 4.69) is 51.9 Å². The molecule has 1 aromatic heterocycles. The first-order valence-electron chi connectivity index (χ1n) is 5.97. The number of imidazole rings is 1.